The van der Waals surface area contributed by atoms with E-state index in [2.05, 4.69) is 6.07 Å². The number of fused-ring (bicyclic) bond motifs is 1. The molecule has 6 nitrogen and oxygen atoms in total. The Bertz CT molecular complexity index is 1290. The van der Waals surface area contributed by atoms with Gasteiger partial charge in [0, 0.05) is 23.1 Å². The summed E-state index contributed by atoms with van der Waals surface area (Å²) in [5.41, 5.74) is 11.1. The van der Waals surface area contributed by atoms with Gasteiger partial charge in [-0.25, -0.2) is 0 Å². The van der Waals surface area contributed by atoms with E-state index in [1.165, 1.54) is 0 Å². The summed E-state index contributed by atoms with van der Waals surface area (Å²) in [7, 11) is 0. The van der Waals surface area contributed by atoms with E-state index in [0.29, 0.717) is 30.2 Å². The lowest BCUT2D eigenvalue weighted by Gasteiger charge is -2.12. The van der Waals surface area contributed by atoms with Gasteiger partial charge in [0.1, 0.15) is 29.8 Å². The molecule has 1 atom stereocenters. The van der Waals surface area contributed by atoms with Crippen molar-refractivity contribution in [2.24, 2.45) is 5.73 Å². The molecule has 1 aromatic heterocycles. The molecular weight excluding hydrogens is 430 g/mol. The van der Waals surface area contributed by atoms with Crippen LogP contribution in [0.25, 0.3) is 22.1 Å². The van der Waals surface area contributed by atoms with Crippen LogP contribution in [0.15, 0.2) is 71.1 Å². The number of esters is 1. The Hall–Kier alpha value is -3.61. The maximum atomic E-state index is 12.0. The molecule has 0 fully saturated rings. The van der Waals surface area contributed by atoms with Crippen LogP contribution in [0.3, 0.4) is 0 Å². The zero-order valence-electron chi connectivity index (χ0n) is 19.4. The highest BCUT2D eigenvalue weighted by atomic mass is 16.5. The van der Waals surface area contributed by atoms with E-state index >= 15 is 0 Å². The fourth-order valence-corrected chi connectivity index (χ4v) is 4.02. The van der Waals surface area contributed by atoms with Gasteiger partial charge in [-0.05, 0) is 54.8 Å². The Morgan fingerprint density at radius 3 is 2.62 bits per heavy atom. The van der Waals surface area contributed by atoms with Crippen molar-refractivity contribution in [1.82, 2.24) is 0 Å². The van der Waals surface area contributed by atoms with Crippen molar-refractivity contribution in [2.75, 3.05) is 6.61 Å². The van der Waals surface area contributed by atoms with Crippen LogP contribution < -0.4 is 10.5 Å². The summed E-state index contributed by atoms with van der Waals surface area (Å²) < 4.78 is 17.2. The van der Waals surface area contributed by atoms with Crippen LogP contribution in [0.2, 0.25) is 0 Å². The Morgan fingerprint density at radius 2 is 1.85 bits per heavy atom. The van der Waals surface area contributed by atoms with E-state index in [1.54, 1.807) is 13.8 Å². The molecule has 0 aliphatic heterocycles. The molecule has 34 heavy (non-hydrogen) atoms. The fraction of sp³-hybridized carbons (Fsp3) is 0.250. The van der Waals surface area contributed by atoms with Crippen LogP contribution >= 0.6 is 0 Å². The van der Waals surface area contributed by atoms with Gasteiger partial charge in [0.25, 0.3) is 0 Å². The number of furan rings is 1. The van der Waals surface area contributed by atoms with Crippen molar-refractivity contribution < 1.29 is 23.8 Å². The van der Waals surface area contributed by atoms with Gasteiger partial charge < -0.3 is 24.7 Å². The first-order valence-electron chi connectivity index (χ1n) is 11.4. The summed E-state index contributed by atoms with van der Waals surface area (Å²) in [6.07, 6.45) is -0.675. The zero-order chi connectivity index (χ0) is 24.1. The number of carbonyl (C=O) groups excluding carboxylic acids is 1. The Balaban J connectivity index is 1.68. The summed E-state index contributed by atoms with van der Waals surface area (Å²) in [5, 5.41) is 11.2. The highest BCUT2D eigenvalue weighted by Gasteiger charge is 2.20. The van der Waals surface area contributed by atoms with E-state index in [1.807, 2.05) is 60.7 Å². The number of aliphatic hydroxyl groups excluding tert-OH is 1. The molecule has 0 aliphatic carbocycles. The van der Waals surface area contributed by atoms with Crippen LogP contribution in [0.5, 0.6) is 5.75 Å². The van der Waals surface area contributed by atoms with Crippen molar-refractivity contribution in [3.8, 4) is 16.9 Å². The minimum absolute atomic E-state index is 0.126. The topological polar surface area (TPSA) is 94.9 Å². The lowest BCUT2D eigenvalue weighted by molar-refractivity contribution is -0.142. The molecule has 0 spiro atoms. The van der Waals surface area contributed by atoms with Crippen LogP contribution in [-0.2, 0) is 29.1 Å². The molecule has 1 unspecified atom stereocenters. The first-order chi connectivity index (χ1) is 16.5. The largest absolute Gasteiger partial charge is 0.488 e. The number of hydrogen-bond donors (Lipinski definition) is 2. The average Bonchev–Trinajstić information content (AvgIpc) is 3.22. The van der Waals surface area contributed by atoms with Gasteiger partial charge in [-0.15, -0.1) is 0 Å². The number of hydrogen-bond acceptors (Lipinski definition) is 6. The first kappa shape index (κ1) is 23.5. The zero-order valence-corrected chi connectivity index (χ0v) is 19.4. The molecule has 0 aliphatic rings. The quantitative estimate of drug-likeness (QED) is 0.330. The number of aliphatic hydroxyl groups is 1. The number of nitrogens with two attached hydrogens (primary N) is 1. The van der Waals surface area contributed by atoms with E-state index in [4.69, 9.17) is 19.6 Å². The van der Waals surface area contributed by atoms with Gasteiger partial charge in [-0.2, -0.15) is 0 Å². The maximum Gasteiger partial charge on any atom is 0.310 e. The minimum atomic E-state index is -0.801. The fourth-order valence-electron chi connectivity index (χ4n) is 4.02. The molecule has 0 saturated heterocycles. The third-order valence-corrected chi connectivity index (χ3v) is 5.68. The predicted octanol–water partition coefficient (Wildman–Crippen LogP) is 5.30. The van der Waals surface area contributed by atoms with Crippen LogP contribution in [0, 0.1) is 0 Å². The van der Waals surface area contributed by atoms with E-state index < -0.39 is 6.10 Å². The molecule has 4 aromatic rings. The molecule has 3 aromatic carbocycles. The van der Waals surface area contributed by atoms with Crippen LogP contribution in [-0.4, -0.2) is 17.7 Å². The molecular formula is C28H29NO5. The number of rotatable bonds is 9. The Morgan fingerprint density at radius 1 is 1.06 bits per heavy atom. The molecule has 1 heterocycles. The number of para-hydroxylation sites is 1. The average molecular weight is 460 g/mol. The van der Waals surface area contributed by atoms with Crippen LogP contribution in [0.4, 0.5) is 0 Å². The van der Waals surface area contributed by atoms with Crippen LogP contribution in [0.1, 0.15) is 42.4 Å². The second kappa shape index (κ2) is 10.5. The molecule has 0 saturated carbocycles. The molecule has 0 radical (unpaired) electrons. The molecule has 176 valence electrons. The van der Waals surface area contributed by atoms with Gasteiger partial charge in [0.05, 0.1) is 13.0 Å². The van der Waals surface area contributed by atoms with Crippen molar-refractivity contribution in [3.63, 3.8) is 0 Å². The van der Waals surface area contributed by atoms with Gasteiger partial charge in [0.15, 0.2) is 0 Å². The van der Waals surface area contributed by atoms with E-state index in [9.17, 15) is 9.90 Å². The normalized spacial score (nSPS) is 12.0. The summed E-state index contributed by atoms with van der Waals surface area (Å²) in [6, 6.07) is 21.4. The summed E-state index contributed by atoms with van der Waals surface area (Å²) in [6.45, 7) is 4.43. The van der Waals surface area contributed by atoms with Crippen molar-refractivity contribution in [2.45, 2.75) is 39.5 Å². The molecule has 6 heteroatoms. The Labute approximate surface area is 198 Å². The second-order valence-corrected chi connectivity index (χ2v) is 8.11. The van der Waals surface area contributed by atoms with Gasteiger partial charge in [-0.1, -0.05) is 42.5 Å². The summed E-state index contributed by atoms with van der Waals surface area (Å²) in [4.78, 5) is 12.0. The summed E-state index contributed by atoms with van der Waals surface area (Å²) in [5.74, 6) is 0.750. The van der Waals surface area contributed by atoms with Crippen molar-refractivity contribution in [3.05, 3.63) is 89.2 Å². The first-order valence-corrected chi connectivity index (χ1v) is 11.4. The number of carbonyl (C=O) groups is 1. The standard InChI is InChI=1S/C28H29NO5/c1-3-32-27(31)15-22-8-4-5-10-25(22)33-17-24-23-14-21(20-9-6-7-19(13-20)16-29)11-12-26(23)34-28(24)18(2)30/h4-14,18,30H,3,15-17,29H2,1-2H3. The number of benzene rings is 3. The number of ether oxygens (including phenoxy) is 2. The molecule has 3 N–H and O–H groups in total. The highest BCUT2D eigenvalue weighted by molar-refractivity contribution is 5.87. The monoisotopic (exact) mass is 459 g/mol. The lowest BCUT2D eigenvalue weighted by Crippen LogP contribution is -2.09. The third kappa shape index (κ3) is 5.14. The second-order valence-electron chi connectivity index (χ2n) is 8.11. The summed E-state index contributed by atoms with van der Waals surface area (Å²) >= 11 is 0. The molecule has 4 rings (SSSR count). The highest BCUT2D eigenvalue weighted by Crippen LogP contribution is 2.34. The van der Waals surface area contributed by atoms with E-state index in [-0.39, 0.29) is 19.0 Å². The molecule has 0 bridgehead atoms. The predicted molar refractivity (Wildman–Crippen MR) is 131 cm³/mol. The van der Waals surface area contributed by atoms with Gasteiger partial charge in [0.2, 0.25) is 0 Å². The maximum absolute atomic E-state index is 12.0. The minimum Gasteiger partial charge on any atom is -0.488 e. The van der Waals surface area contributed by atoms with Crippen molar-refractivity contribution in [1.29, 1.82) is 0 Å². The Kier molecular flexibility index (Phi) is 7.30. The van der Waals surface area contributed by atoms with Gasteiger partial charge >= 0.3 is 5.97 Å². The van der Waals surface area contributed by atoms with Crippen molar-refractivity contribution >= 4 is 16.9 Å². The van der Waals surface area contributed by atoms with E-state index in [0.717, 1.165) is 33.2 Å². The smallest absolute Gasteiger partial charge is 0.310 e. The SMILES string of the molecule is CCOC(=O)Cc1ccccc1OCc1c(C(C)O)oc2ccc(-c3cccc(CN)c3)cc12. The molecule has 0 amide bonds. The lowest BCUT2D eigenvalue weighted by atomic mass is 10.00. The van der Waals surface area contributed by atoms with Gasteiger partial charge in [-0.3, -0.25) is 4.79 Å². The third-order valence-electron chi connectivity index (χ3n) is 5.68.